The number of hydrogen-bond donors (Lipinski definition) is 1. The van der Waals surface area contributed by atoms with Gasteiger partial charge in [-0.1, -0.05) is 30.3 Å². The number of likely N-dealkylation sites (tertiary alicyclic amines) is 1. The van der Waals surface area contributed by atoms with Crippen LogP contribution in [0.4, 0.5) is 0 Å². The Bertz CT molecular complexity index is 654. The molecule has 2 heterocycles. The number of rotatable bonds is 4. The van der Waals surface area contributed by atoms with Gasteiger partial charge in [0.05, 0.1) is 12.3 Å². The van der Waals surface area contributed by atoms with Gasteiger partial charge in [-0.05, 0) is 28.0 Å². The van der Waals surface area contributed by atoms with Gasteiger partial charge in [0.15, 0.2) is 0 Å². The highest BCUT2D eigenvalue weighted by molar-refractivity contribution is 7.08. The number of carbonyl (C=O) groups is 2. The molecule has 2 aromatic rings. The lowest BCUT2D eigenvalue weighted by Crippen LogP contribution is -2.31. The number of carbonyl (C=O) groups excluding carboxylic acids is 1. The standard InChI is InChI=1S/C17H17NO3S/c19-16(8-12-6-7-22-11-12)18-9-14(15(10-18)17(20)21)13-4-2-1-3-5-13/h1-7,11,14-15H,8-10H2,(H,20,21). The molecule has 4 nitrogen and oxygen atoms in total. The minimum Gasteiger partial charge on any atom is -0.481 e. The maximum atomic E-state index is 12.4. The fraction of sp³-hybridized carbons (Fsp3) is 0.294. The number of nitrogens with zero attached hydrogens (tertiary/aromatic N) is 1. The number of amides is 1. The number of carboxylic acids is 1. The second-order valence-corrected chi connectivity index (χ2v) is 6.35. The highest BCUT2D eigenvalue weighted by atomic mass is 32.1. The Morgan fingerprint density at radius 1 is 1.18 bits per heavy atom. The molecule has 22 heavy (non-hydrogen) atoms. The lowest BCUT2D eigenvalue weighted by Gasteiger charge is -2.16. The monoisotopic (exact) mass is 315 g/mol. The molecule has 2 unspecified atom stereocenters. The van der Waals surface area contributed by atoms with Crippen LogP contribution in [0.1, 0.15) is 17.0 Å². The fourth-order valence-electron chi connectivity index (χ4n) is 2.98. The summed E-state index contributed by atoms with van der Waals surface area (Å²) in [7, 11) is 0. The third kappa shape index (κ3) is 3.04. The zero-order chi connectivity index (χ0) is 15.5. The molecule has 0 radical (unpaired) electrons. The van der Waals surface area contributed by atoms with E-state index in [1.165, 1.54) is 0 Å². The molecule has 0 spiro atoms. The van der Waals surface area contributed by atoms with E-state index in [9.17, 15) is 14.7 Å². The summed E-state index contributed by atoms with van der Waals surface area (Å²) in [5.41, 5.74) is 1.98. The number of carboxylic acid groups (broad SMARTS) is 1. The first-order valence-corrected chi connectivity index (χ1v) is 8.16. The number of hydrogen-bond acceptors (Lipinski definition) is 3. The minimum absolute atomic E-state index is 0.00285. The van der Waals surface area contributed by atoms with Crippen molar-refractivity contribution in [3.8, 4) is 0 Å². The number of thiophene rings is 1. The molecule has 0 saturated carbocycles. The lowest BCUT2D eigenvalue weighted by molar-refractivity contribution is -0.141. The van der Waals surface area contributed by atoms with Crippen molar-refractivity contribution in [3.63, 3.8) is 0 Å². The van der Waals surface area contributed by atoms with Crippen molar-refractivity contribution < 1.29 is 14.7 Å². The summed E-state index contributed by atoms with van der Waals surface area (Å²) in [6.07, 6.45) is 0.345. The van der Waals surface area contributed by atoms with Crippen LogP contribution < -0.4 is 0 Å². The van der Waals surface area contributed by atoms with E-state index < -0.39 is 11.9 Å². The topological polar surface area (TPSA) is 57.6 Å². The van der Waals surface area contributed by atoms with Crippen LogP contribution >= 0.6 is 11.3 Å². The first kappa shape index (κ1) is 14.8. The second kappa shape index (κ2) is 6.32. The van der Waals surface area contributed by atoms with Crippen molar-refractivity contribution in [1.82, 2.24) is 4.90 Å². The Balaban J connectivity index is 1.75. The first-order valence-electron chi connectivity index (χ1n) is 7.21. The third-order valence-electron chi connectivity index (χ3n) is 4.15. The van der Waals surface area contributed by atoms with Crippen LogP contribution in [-0.4, -0.2) is 35.0 Å². The molecule has 1 amide bonds. The molecule has 1 N–H and O–H groups in total. The van der Waals surface area contributed by atoms with Gasteiger partial charge >= 0.3 is 5.97 Å². The molecule has 1 fully saturated rings. The molecule has 1 aliphatic rings. The molecule has 114 valence electrons. The van der Waals surface area contributed by atoms with Crippen molar-refractivity contribution in [1.29, 1.82) is 0 Å². The summed E-state index contributed by atoms with van der Waals surface area (Å²) < 4.78 is 0. The third-order valence-corrected chi connectivity index (χ3v) is 4.88. The zero-order valence-corrected chi connectivity index (χ0v) is 12.8. The fourth-order valence-corrected chi connectivity index (χ4v) is 3.64. The van der Waals surface area contributed by atoms with Crippen LogP contribution in [0.15, 0.2) is 47.2 Å². The SMILES string of the molecule is O=C(O)C1CN(C(=O)Cc2ccsc2)CC1c1ccccc1. The summed E-state index contributed by atoms with van der Waals surface area (Å²) in [6, 6.07) is 11.5. The van der Waals surface area contributed by atoms with Crippen LogP contribution in [0.3, 0.4) is 0 Å². The minimum atomic E-state index is -0.834. The van der Waals surface area contributed by atoms with E-state index in [-0.39, 0.29) is 18.4 Å². The predicted octanol–water partition coefficient (Wildman–Crippen LogP) is 2.62. The van der Waals surface area contributed by atoms with Crippen molar-refractivity contribution in [3.05, 3.63) is 58.3 Å². The Hall–Kier alpha value is -2.14. The van der Waals surface area contributed by atoms with Crippen LogP contribution in [0.25, 0.3) is 0 Å². The Morgan fingerprint density at radius 2 is 1.95 bits per heavy atom. The van der Waals surface area contributed by atoms with E-state index in [2.05, 4.69) is 0 Å². The van der Waals surface area contributed by atoms with Gasteiger partial charge in [-0.25, -0.2) is 0 Å². The van der Waals surface area contributed by atoms with Gasteiger partial charge in [0.2, 0.25) is 5.91 Å². The highest BCUT2D eigenvalue weighted by Crippen LogP contribution is 2.33. The van der Waals surface area contributed by atoms with Crippen LogP contribution in [0, 0.1) is 5.92 Å². The summed E-state index contributed by atoms with van der Waals surface area (Å²) in [6.45, 7) is 0.766. The molecule has 2 atom stereocenters. The van der Waals surface area contributed by atoms with Crippen molar-refractivity contribution in [2.75, 3.05) is 13.1 Å². The summed E-state index contributed by atoms with van der Waals surface area (Å²) in [4.78, 5) is 25.6. The largest absolute Gasteiger partial charge is 0.481 e. The van der Waals surface area contributed by atoms with E-state index >= 15 is 0 Å². The molecule has 3 rings (SSSR count). The molecule has 1 saturated heterocycles. The van der Waals surface area contributed by atoms with Gasteiger partial charge in [-0.15, -0.1) is 0 Å². The van der Waals surface area contributed by atoms with Crippen molar-refractivity contribution in [2.45, 2.75) is 12.3 Å². The average molecular weight is 315 g/mol. The lowest BCUT2D eigenvalue weighted by atomic mass is 9.89. The first-order chi connectivity index (χ1) is 10.6. The Labute approximate surface area is 133 Å². The quantitative estimate of drug-likeness (QED) is 0.943. The smallest absolute Gasteiger partial charge is 0.308 e. The van der Waals surface area contributed by atoms with Crippen molar-refractivity contribution in [2.24, 2.45) is 5.92 Å². The maximum Gasteiger partial charge on any atom is 0.308 e. The normalized spacial score (nSPS) is 21.0. The Morgan fingerprint density at radius 3 is 2.59 bits per heavy atom. The Kier molecular flexibility index (Phi) is 4.24. The van der Waals surface area contributed by atoms with E-state index in [0.717, 1.165) is 11.1 Å². The van der Waals surface area contributed by atoms with Gasteiger partial charge in [0.1, 0.15) is 0 Å². The summed E-state index contributed by atoms with van der Waals surface area (Å²) >= 11 is 1.56. The van der Waals surface area contributed by atoms with Gasteiger partial charge in [-0.3, -0.25) is 9.59 Å². The molecule has 5 heteroatoms. The highest BCUT2D eigenvalue weighted by Gasteiger charge is 2.40. The van der Waals surface area contributed by atoms with E-state index in [1.807, 2.05) is 47.2 Å². The van der Waals surface area contributed by atoms with Crippen LogP contribution in [0.2, 0.25) is 0 Å². The van der Waals surface area contributed by atoms with E-state index in [4.69, 9.17) is 0 Å². The molecule has 0 bridgehead atoms. The molecule has 1 aromatic carbocycles. The maximum absolute atomic E-state index is 12.4. The molecule has 1 aliphatic heterocycles. The molecular formula is C17H17NO3S. The van der Waals surface area contributed by atoms with Crippen LogP contribution in [0.5, 0.6) is 0 Å². The van der Waals surface area contributed by atoms with Gasteiger partial charge < -0.3 is 10.0 Å². The molecule has 0 aliphatic carbocycles. The summed E-state index contributed by atoms with van der Waals surface area (Å²) in [5, 5.41) is 13.4. The second-order valence-electron chi connectivity index (χ2n) is 5.57. The average Bonchev–Trinajstić information content (AvgIpc) is 3.17. The summed E-state index contributed by atoms with van der Waals surface area (Å²) in [5.74, 6) is -1.50. The van der Waals surface area contributed by atoms with Gasteiger partial charge in [0.25, 0.3) is 0 Å². The number of benzene rings is 1. The van der Waals surface area contributed by atoms with Gasteiger partial charge in [-0.2, -0.15) is 11.3 Å². The van der Waals surface area contributed by atoms with Crippen LogP contribution in [-0.2, 0) is 16.0 Å². The predicted molar refractivity (Wildman–Crippen MR) is 84.9 cm³/mol. The van der Waals surface area contributed by atoms with E-state index in [0.29, 0.717) is 13.0 Å². The molecular weight excluding hydrogens is 298 g/mol. The zero-order valence-electron chi connectivity index (χ0n) is 12.0. The van der Waals surface area contributed by atoms with Crippen molar-refractivity contribution >= 4 is 23.2 Å². The molecule has 1 aromatic heterocycles. The number of aliphatic carboxylic acids is 1. The van der Waals surface area contributed by atoms with E-state index in [1.54, 1.807) is 16.2 Å². The van der Waals surface area contributed by atoms with Gasteiger partial charge in [0, 0.05) is 19.0 Å².